The number of hydrogen-bond donors (Lipinski definition) is 0. The summed E-state index contributed by atoms with van der Waals surface area (Å²) < 4.78 is 24.1. The Morgan fingerprint density at radius 2 is 2.20 bits per heavy atom. The highest BCUT2D eigenvalue weighted by molar-refractivity contribution is 5.77. The number of carbonyl (C=O) groups is 1. The number of nitrogens with zero attached hydrogens (tertiary/aromatic N) is 3. The molecule has 2 heterocycles. The van der Waals surface area contributed by atoms with Crippen LogP contribution in [0.25, 0.3) is 0 Å². The summed E-state index contributed by atoms with van der Waals surface area (Å²) in [6.45, 7) is 1.37. The van der Waals surface area contributed by atoms with Crippen molar-refractivity contribution in [2.75, 3.05) is 26.8 Å². The average molecular weight is 345 g/mol. The van der Waals surface area contributed by atoms with Gasteiger partial charge in [0.2, 0.25) is 11.8 Å². The average Bonchev–Trinajstić information content (AvgIpc) is 2.64. The van der Waals surface area contributed by atoms with Crippen LogP contribution in [0.4, 0.5) is 4.39 Å². The lowest BCUT2D eigenvalue weighted by Gasteiger charge is -2.32. The van der Waals surface area contributed by atoms with Crippen molar-refractivity contribution in [3.63, 3.8) is 0 Å². The van der Waals surface area contributed by atoms with Crippen molar-refractivity contribution in [3.8, 4) is 11.6 Å². The number of aromatic nitrogens is 2. The zero-order valence-corrected chi connectivity index (χ0v) is 14.0. The van der Waals surface area contributed by atoms with E-state index in [4.69, 9.17) is 9.47 Å². The SMILES string of the molecule is COCC(=O)N1CCCC(c2cncc(Oc3ccccc3F)n2)C1. The quantitative estimate of drug-likeness (QED) is 0.834. The smallest absolute Gasteiger partial charge is 0.248 e. The predicted octanol–water partition coefficient (Wildman–Crippen LogP) is 2.76. The summed E-state index contributed by atoms with van der Waals surface area (Å²) in [4.78, 5) is 22.4. The molecule has 0 bridgehead atoms. The Kier molecular flexibility index (Phi) is 5.55. The first-order valence-corrected chi connectivity index (χ1v) is 8.18. The highest BCUT2D eigenvalue weighted by Gasteiger charge is 2.26. The highest BCUT2D eigenvalue weighted by atomic mass is 19.1. The molecule has 1 saturated heterocycles. The van der Waals surface area contributed by atoms with E-state index in [1.807, 2.05) is 0 Å². The van der Waals surface area contributed by atoms with Gasteiger partial charge in [-0.1, -0.05) is 12.1 Å². The molecule has 0 saturated carbocycles. The van der Waals surface area contributed by atoms with Crippen molar-refractivity contribution in [2.45, 2.75) is 18.8 Å². The predicted molar refractivity (Wildman–Crippen MR) is 88.9 cm³/mol. The largest absolute Gasteiger partial charge is 0.434 e. The topological polar surface area (TPSA) is 64.5 Å². The van der Waals surface area contributed by atoms with Crippen molar-refractivity contribution in [1.29, 1.82) is 0 Å². The molecule has 132 valence electrons. The molecule has 1 unspecified atom stereocenters. The van der Waals surface area contributed by atoms with Gasteiger partial charge < -0.3 is 14.4 Å². The molecule has 1 atom stereocenters. The maximum atomic E-state index is 13.7. The van der Waals surface area contributed by atoms with E-state index in [0.29, 0.717) is 6.54 Å². The van der Waals surface area contributed by atoms with E-state index in [1.165, 1.54) is 25.4 Å². The Balaban J connectivity index is 1.72. The third-order valence-electron chi connectivity index (χ3n) is 4.14. The zero-order chi connectivity index (χ0) is 17.6. The van der Waals surface area contributed by atoms with Crippen LogP contribution in [0.5, 0.6) is 11.6 Å². The van der Waals surface area contributed by atoms with E-state index in [0.717, 1.165) is 25.1 Å². The second kappa shape index (κ2) is 8.02. The maximum absolute atomic E-state index is 13.7. The fourth-order valence-corrected chi connectivity index (χ4v) is 2.91. The third-order valence-corrected chi connectivity index (χ3v) is 4.14. The van der Waals surface area contributed by atoms with Crippen LogP contribution >= 0.6 is 0 Å². The van der Waals surface area contributed by atoms with Gasteiger partial charge in [0.05, 0.1) is 11.9 Å². The van der Waals surface area contributed by atoms with E-state index < -0.39 is 5.82 Å². The molecule has 0 radical (unpaired) electrons. The van der Waals surface area contributed by atoms with Gasteiger partial charge >= 0.3 is 0 Å². The minimum atomic E-state index is -0.455. The first-order valence-electron chi connectivity index (χ1n) is 8.18. The number of halogens is 1. The van der Waals surface area contributed by atoms with Crippen molar-refractivity contribution < 1.29 is 18.7 Å². The number of likely N-dealkylation sites (tertiary alicyclic amines) is 1. The van der Waals surface area contributed by atoms with Gasteiger partial charge in [0.1, 0.15) is 6.61 Å². The monoisotopic (exact) mass is 345 g/mol. The van der Waals surface area contributed by atoms with Crippen molar-refractivity contribution >= 4 is 5.91 Å². The number of hydrogen-bond acceptors (Lipinski definition) is 5. The summed E-state index contributed by atoms with van der Waals surface area (Å²) in [6.07, 6.45) is 4.92. The van der Waals surface area contributed by atoms with Gasteiger partial charge in [0, 0.05) is 32.3 Å². The first kappa shape index (κ1) is 17.3. The molecule has 0 spiro atoms. The molecule has 1 aromatic carbocycles. The maximum Gasteiger partial charge on any atom is 0.248 e. The molecule has 0 N–H and O–H groups in total. The molecule has 7 heteroatoms. The first-order chi connectivity index (χ1) is 12.2. The third kappa shape index (κ3) is 4.30. The molecule has 0 aliphatic carbocycles. The lowest BCUT2D eigenvalue weighted by Crippen LogP contribution is -2.41. The molecule has 25 heavy (non-hydrogen) atoms. The number of ether oxygens (including phenoxy) is 2. The number of carbonyl (C=O) groups excluding carboxylic acids is 1. The fraction of sp³-hybridized carbons (Fsp3) is 0.389. The Morgan fingerprint density at radius 1 is 1.36 bits per heavy atom. The van der Waals surface area contributed by atoms with E-state index in [9.17, 15) is 9.18 Å². The van der Waals surface area contributed by atoms with Crippen LogP contribution in [0, 0.1) is 5.82 Å². The van der Waals surface area contributed by atoms with Gasteiger partial charge in [-0.05, 0) is 25.0 Å². The molecular weight excluding hydrogens is 325 g/mol. The van der Waals surface area contributed by atoms with Crippen molar-refractivity contribution in [3.05, 3.63) is 48.2 Å². The zero-order valence-electron chi connectivity index (χ0n) is 14.0. The standard InChI is InChI=1S/C18H20FN3O3/c1-24-12-18(23)22-8-4-5-13(11-22)15-9-20-10-17(21-15)25-16-7-3-2-6-14(16)19/h2-3,6-7,9-10,13H,4-5,8,11-12H2,1H3. The van der Waals surface area contributed by atoms with E-state index in [1.54, 1.807) is 23.2 Å². The van der Waals surface area contributed by atoms with E-state index >= 15 is 0 Å². The summed E-state index contributed by atoms with van der Waals surface area (Å²) in [6, 6.07) is 6.15. The molecule has 2 aromatic rings. The summed E-state index contributed by atoms with van der Waals surface area (Å²) in [5.41, 5.74) is 0.740. The van der Waals surface area contributed by atoms with Crippen molar-refractivity contribution in [2.24, 2.45) is 0 Å². The summed E-state index contributed by atoms with van der Waals surface area (Å²) in [5, 5.41) is 0. The van der Waals surface area contributed by atoms with Crippen LogP contribution in [0.15, 0.2) is 36.7 Å². The van der Waals surface area contributed by atoms with E-state index in [2.05, 4.69) is 9.97 Å². The summed E-state index contributed by atoms with van der Waals surface area (Å²) in [7, 11) is 1.51. The number of methoxy groups -OCH3 is 1. The Bertz CT molecular complexity index is 741. The van der Waals surface area contributed by atoms with Crippen LogP contribution in [0.1, 0.15) is 24.5 Å². The number of benzene rings is 1. The Labute approximate surface area is 145 Å². The lowest BCUT2D eigenvalue weighted by molar-refractivity contribution is -0.136. The number of piperidine rings is 1. The molecule has 1 amide bonds. The number of para-hydroxylation sites is 1. The second-order valence-electron chi connectivity index (χ2n) is 5.93. The van der Waals surface area contributed by atoms with Crippen molar-refractivity contribution in [1.82, 2.24) is 14.9 Å². The molecule has 1 aliphatic rings. The second-order valence-corrected chi connectivity index (χ2v) is 5.93. The molecule has 3 rings (SSSR count). The summed E-state index contributed by atoms with van der Waals surface area (Å²) in [5.74, 6) is -0.0636. The van der Waals surface area contributed by atoms with Crippen LogP contribution in [0.2, 0.25) is 0 Å². The highest BCUT2D eigenvalue weighted by Crippen LogP contribution is 2.28. The Hall–Kier alpha value is -2.54. The minimum absolute atomic E-state index is 0.0288. The molecule has 6 nitrogen and oxygen atoms in total. The van der Waals surface area contributed by atoms with Gasteiger partial charge in [-0.3, -0.25) is 9.78 Å². The Morgan fingerprint density at radius 3 is 3.00 bits per heavy atom. The molecule has 1 fully saturated rings. The fourth-order valence-electron chi connectivity index (χ4n) is 2.91. The molecule has 1 aromatic heterocycles. The minimum Gasteiger partial charge on any atom is -0.434 e. The van der Waals surface area contributed by atoms with Gasteiger partial charge in [-0.2, -0.15) is 0 Å². The number of amides is 1. The van der Waals surface area contributed by atoms with Crippen LogP contribution in [0.3, 0.4) is 0 Å². The summed E-state index contributed by atoms with van der Waals surface area (Å²) >= 11 is 0. The normalized spacial score (nSPS) is 17.4. The van der Waals surface area contributed by atoms with Gasteiger partial charge in [0.15, 0.2) is 11.6 Å². The van der Waals surface area contributed by atoms with E-state index in [-0.39, 0.29) is 30.1 Å². The van der Waals surface area contributed by atoms with Crippen LogP contribution < -0.4 is 4.74 Å². The van der Waals surface area contributed by atoms with Crippen LogP contribution in [-0.2, 0) is 9.53 Å². The lowest BCUT2D eigenvalue weighted by atomic mass is 9.95. The number of rotatable bonds is 5. The van der Waals surface area contributed by atoms with Crippen LogP contribution in [-0.4, -0.2) is 47.6 Å². The van der Waals surface area contributed by atoms with Gasteiger partial charge in [0.25, 0.3) is 0 Å². The van der Waals surface area contributed by atoms with Gasteiger partial charge in [-0.25, -0.2) is 9.37 Å². The molecule has 1 aliphatic heterocycles. The molecular formula is C18H20FN3O3. The van der Waals surface area contributed by atoms with Gasteiger partial charge in [-0.15, -0.1) is 0 Å².